The van der Waals surface area contributed by atoms with E-state index in [2.05, 4.69) is 5.32 Å². The Balaban J connectivity index is 2.47. The van der Waals surface area contributed by atoms with Crippen molar-refractivity contribution in [1.29, 1.82) is 0 Å². The Morgan fingerprint density at radius 1 is 1.44 bits per heavy atom. The zero-order valence-corrected chi connectivity index (χ0v) is 11.3. The third-order valence-corrected chi connectivity index (χ3v) is 3.44. The normalized spacial score (nSPS) is 11.3. The monoisotopic (exact) mass is 293 g/mol. The van der Waals surface area contributed by atoms with E-state index >= 15 is 0 Å². The SMILES string of the molecule is CS(=O)(=O)CCCC(=O)Nc1ccc(F)c(Cl)c1. The maximum absolute atomic E-state index is 12.9. The summed E-state index contributed by atoms with van der Waals surface area (Å²) in [7, 11) is -3.06. The van der Waals surface area contributed by atoms with Gasteiger partial charge in [0.05, 0.1) is 10.8 Å². The van der Waals surface area contributed by atoms with E-state index < -0.39 is 15.7 Å². The van der Waals surface area contributed by atoms with Crippen LogP contribution in [0.25, 0.3) is 0 Å². The van der Waals surface area contributed by atoms with Gasteiger partial charge in [-0.15, -0.1) is 0 Å². The minimum atomic E-state index is -3.06. The fourth-order valence-corrected chi connectivity index (χ4v) is 2.14. The number of hydrogen-bond acceptors (Lipinski definition) is 3. The Bertz CT molecular complexity index is 545. The predicted octanol–water partition coefficient (Wildman–Crippen LogP) is 2.24. The zero-order chi connectivity index (χ0) is 13.8. The third-order valence-electron chi connectivity index (χ3n) is 2.12. The van der Waals surface area contributed by atoms with Gasteiger partial charge in [-0.05, 0) is 24.6 Å². The maximum atomic E-state index is 12.9. The van der Waals surface area contributed by atoms with E-state index in [0.29, 0.717) is 5.69 Å². The Hall–Kier alpha value is -1.14. The number of hydrogen-bond donors (Lipinski definition) is 1. The molecule has 0 saturated heterocycles. The van der Waals surface area contributed by atoms with Crippen LogP contribution in [0.3, 0.4) is 0 Å². The topological polar surface area (TPSA) is 63.2 Å². The summed E-state index contributed by atoms with van der Waals surface area (Å²) in [4.78, 5) is 11.5. The van der Waals surface area contributed by atoms with Crippen molar-refractivity contribution in [2.45, 2.75) is 12.8 Å². The number of halogens is 2. The van der Waals surface area contributed by atoms with Crippen LogP contribution in [0, 0.1) is 5.82 Å². The van der Waals surface area contributed by atoms with Gasteiger partial charge in [-0.25, -0.2) is 12.8 Å². The fraction of sp³-hybridized carbons (Fsp3) is 0.364. The van der Waals surface area contributed by atoms with Crippen molar-refractivity contribution in [3.05, 3.63) is 29.0 Å². The minimum Gasteiger partial charge on any atom is -0.326 e. The molecule has 7 heteroatoms. The number of rotatable bonds is 5. The molecule has 18 heavy (non-hydrogen) atoms. The molecular formula is C11H13ClFNO3S. The highest BCUT2D eigenvalue weighted by molar-refractivity contribution is 7.90. The molecule has 0 aliphatic carbocycles. The van der Waals surface area contributed by atoms with E-state index in [1.54, 1.807) is 0 Å². The fourth-order valence-electron chi connectivity index (χ4n) is 1.29. The standard InChI is InChI=1S/C11H13ClFNO3S/c1-18(16,17)6-2-3-11(15)14-8-4-5-10(13)9(12)7-8/h4-5,7H,2-3,6H2,1H3,(H,14,15). The summed E-state index contributed by atoms with van der Waals surface area (Å²) >= 11 is 5.56. The van der Waals surface area contributed by atoms with E-state index in [9.17, 15) is 17.6 Å². The van der Waals surface area contributed by atoms with Crippen LogP contribution < -0.4 is 5.32 Å². The van der Waals surface area contributed by atoms with Gasteiger partial charge < -0.3 is 5.32 Å². The second-order valence-electron chi connectivity index (χ2n) is 3.91. The van der Waals surface area contributed by atoms with Gasteiger partial charge in [0.25, 0.3) is 0 Å². The van der Waals surface area contributed by atoms with E-state index in [-0.39, 0.29) is 29.5 Å². The van der Waals surface area contributed by atoms with Crippen LogP contribution in [0.2, 0.25) is 5.02 Å². The van der Waals surface area contributed by atoms with Gasteiger partial charge in [-0.1, -0.05) is 11.6 Å². The number of benzene rings is 1. The van der Waals surface area contributed by atoms with E-state index in [4.69, 9.17) is 11.6 Å². The predicted molar refractivity (Wildman–Crippen MR) is 69.0 cm³/mol. The molecule has 1 aromatic rings. The highest BCUT2D eigenvalue weighted by Gasteiger charge is 2.07. The van der Waals surface area contributed by atoms with Crippen LogP contribution in [0.5, 0.6) is 0 Å². The Labute approximate surface area is 110 Å². The Kier molecular flexibility index (Phi) is 5.10. The van der Waals surface area contributed by atoms with Crippen molar-refractivity contribution >= 4 is 33.0 Å². The van der Waals surface area contributed by atoms with Gasteiger partial charge in [-0.2, -0.15) is 0 Å². The summed E-state index contributed by atoms with van der Waals surface area (Å²) in [5.41, 5.74) is 0.380. The molecule has 4 nitrogen and oxygen atoms in total. The molecule has 0 spiro atoms. The number of carbonyl (C=O) groups is 1. The van der Waals surface area contributed by atoms with Crippen molar-refractivity contribution in [2.24, 2.45) is 0 Å². The van der Waals surface area contributed by atoms with E-state index in [1.807, 2.05) is 0 Å². The summed E-state index contributed by atoms with van der Waals surface area (Å²) < 4.78 is 34.6. The first-order valence-corrected chi connectivity index (χ1v) is 7.64. The van der Waals surface area contributed by atoms with Crippen LogP contribution in [0.4, 0.5) is 10.1 Å². The molecule has 0 radical (unpaired) electrons. The number of carbonyl (C=O) groups excluding carboxylic acids is 1. The van der Waals surface area contributed by atoms with Gasteiger partial charge in [0, 0.05) is 18.4 Å². The lowest BCUT2D eigenvalue weighted by molar-refractivity contribution is -0.116. The Morgan fingerprint density at radius 3 is 2.67 bits per heavy atom. The first-order valence-electron chi connectivity index (χ1n) is 5.20. The lowest BCUT2D eigenvalue weighted by Gasteiger charge is -2.05. The second kappa shape index (κ2) is 6.15. The minimum absolute atomic E-state index is 0.0371. The molecule has 1 aromatic carbocycles. The number of anilines is 1. The van der Waals surface area contributed by atoms with Crippen molar-refractivity contribution in [3.63, 3.8) is 0 Å². The number of amides is 1. The molecule has 0 saturated carbocycles. The first kappa shape index (κ1) is 14.9. The summed E-state index contributed by atoms with van der Waals surface area (Å²) in [6, 6.07) is 3.83. The highest BCUT2D eigenvalue weighted by Crippen LogP contribution is 2.19. The van der Waals surface area contributed by atoms with Crippen LogP contribution in [0.1, 0.15) is 12.8 Å². The molecule has 100 valence electrons. The van der Waals surface area contributed by atoms with Gasteiger partial charge in [0.2, 0.25) is 5.91 Å². The maximum Gasteiger partial charge on any atom is 0.224 e. The largest absolute Gasteiger partial charge is 0.326 e. The smallest absolute Gasteiger partial charge is 0.224 e. The van der Waals surface area contributed by atoms with Crippen LogP contribution in [0.15, 0.2) is 18.2 Å². The molecule has 0 atom stereocenters. The van der Waals surface area contributed by atoms with E-state index in [1.165, 1.54) is 12.1 Å². The molecule has 0 heterocycles. The molecule has 0 aromatic heterocycles. The van der Waals surface area contributed by atoms with E-state index in [0.717, 1.165) is 12.3 Å². The van der Waals surface area contributed by atoms with Crippen molar-refractivity contribution in [3.8, 4) is 0 Å². The Morgan fingerprint density at radius 2 is 2.11 bits per heavy atom. The van der Waals surface area contributed by atoms with Crippen molar-refractivity contribution in [2.75, 3.05) is 17.3 Å². The number of sulfone groups is 1. The summed E-state index contributed by atoms with van der Waals surface area (Å²) in [5.74, 6) is -0.932. The molecule has 1 N–H and O–H groups in total. The van der Waals surface area contributed by atoms with Gasteiger partial charge in [0.15, 0.2) is 0 Å². The third kappa shape index (κ3) is 5.46. The van der Waals surface area contributed by atoms with Gasteiger partial charge >= 0.3 is 0 Å². The molecule has 0 aliphatic rings. The second-order valence-corrected chi connectivity index (χ2v) is 6.58. The molecule has 0 unspecified atom stereocenters. The van der Waals surface area contributed by atoms with Crippen molar-refractivity contribution < 1.29 is 17.6 Å². The van der Waals surface area contributed by atoms with Gasteiger partial charge in [0.1, 0.15) is 15.7 Å². The molecule has 1 amide bonds. The highest BCUT2D eigenvalue weighted by atomic mass is 35.5. The average molecular weight is 294 g/mol. The van der Waals surface area contributed by atoms with Crippen LogP contribution in [-0.2, 0) is 14.6 Å². The van der Waals surface area contributed by atoms with Crippen LogP contribution >= 0.6 is 11.6 Å². The number of nitrogens with one attached hydrogen (secondary N) is 1. The summed E-state index contributed by atoms with van der Waals surface area (Å²) in [5, 5.41) is 2.43. The first-order chi connectivity index (χ1) is 8.28. The molecular weight excluding hydrogens is 281 g/mol. The van der Waals surface area contributed by atoms with Crippen molar-refractivity contribution in [1.82, 2.24) is 0 Å². The molecule has 0 fully saturated rings. The average Bonchev–Trinajstić information content (AvgIpc) is 2.21. The zero-order valence-electron chi connectivity index (χ0n) is 9.74. The van der Waals surface area contributed by atoms with Crippen LogP contribution in [-0.4, -0.2) is 26.3 Å². The molecule has 1 rings (SSSR count). The van der Waals surface area contributed by atoms with Gasteiger partial charge in [-0.3, -0.25) is 4.79 Å². The molecule has 0 bridgehead atoms. The lowest BCUT2D eigenvalue weighted by atomic mass is 10.2. The quantitative estimate of drug-likeness (QED) is 0.905. The lowest BCUT2D eigenvalue weighted by Crippen LogP contribution is -2.13. The molecule has 0 aliphatic heterocycles. The summed E-state index contributed by atoms with van der Waals surface area (Å²) in [6.07, 6.45) is 1.45. The summed E-state index contributed by atoms with van der Waals surface area (Å²) in [6.45, 7) is 0.